The van der Waals surface area contributed by atoms with Crippen molar-refractivity contribution in [3.63, 3.8) is 0 Å². The summed E-state index contributed by atoms with van der Waals surface area (Å²) >= 11 is 0. The third-order valence-electron chi connectivity index (χ3n) is 0.725. The quantitative estimate of drug-likeness (QED) is 0.621. The molecule has 0 aromatic carbocycles. The van der Waals surface area contributed by atoms with E-state index in [1.54, 1.807) is 5.32 Å². The lowest BCUT2D eigenvalue weighted by atomic mass is 10.7. The molecular formula is C5H9F2NO3. The molecule has 0 aromatic heterocycles. The molecule has 0 heterocycles. The second kappa shape index (κ2) is 5.84. The predicted molar refractivity (Wildman–Crippen MR) is 32.4 cm³/mol. The summed E-state index contributed by atoms with van der Waals surface area (Å²) in [7, 11) is 0. The maximum Gasteiger partial charge on any atom is 0.407 e. The molecule has 0 aromatic rings. The number of carbonyl (C=O) groups is 1. The number of carbonyl (C=O) groups excluding carboxylic acids is 1. The van der Waals surface area contributed by atoms with Crippen LogP contribution in [-0.4, -0.2) is 37.4 Å². The maximum atomic E-state index is 11.4. The molecule has 0 aliphatic carbocycles. The Labute approximate surface area is 62.1 Å². The van der Waals surface area contributed by atoms with Crippen LogP contribution in [0.3, 0.4) is 0 Å². The van der Waals surface area contributed by atoms with Crippen molar-refractivity contribution in [3.8, 4) is 0 Å². The van der Waals surface area contributed by atoms with Crippen molar-refractivity contribution in [3.05, 3.63) is 0 Å². The minimum absolute atomic E-state index is 0.185. The monoisotopic (exact) mass is 169 g/mol. The van der Waals surface area contributed by atoms with E-state index in [0.717, 1.165) is 0 Å². The number of halogens is 2. The topological polar surface area (TPSA) is 58.6 Å². The second-order valence-electron chi connectivity index (χ2n) is 1.63. The molecule has 2 N–H and O–H groups in total. The van der Waals surface area contributed by atoms with E-state index in [1.165, 1.54) is 0 Å². The van der Waals surface area contributed by atoms with Gasteiger partial charge < -0.3 is 15.2 Å². The Hall–Kier alpha value is -0.910. The van der Waals surface area contributed by atoms with Crippen LogP contribution in [0.25, 0.3) is 0 Å². The minimum atomic E-state index is -2.59. The molecule has 0 unspecified atom stereocenters. The lowest BCUT2D eigenvalue weighted by Crippen LogP contribution is -2.29. The van der Waals surface area contributed by atoms with Crippen LogP contribution in [0.5, 0.6) is 0 Å². The zero-order valence-electron chi connectivity index (χ0n) is 5.72. The fourth-order valence-corrected chi connectivity index (χ4v) is 0.350. The van der Waals surface area contributed by atoms with Crippen LogP contribution in [0.1, 0.15) is 0 Å². The van der Waals surface area contributed by atoms with Gasteiger partial charge in [0, 0.05) is 0 Å². The van der Waals surface area contributed by atoms with Gasteiger partial charge in [0.15, 0.2) is 0 Å². The van der Waals surface area contributed by atoms with Crippen molar-refractivity contribution >= 4 is 6.09 Å². The van der Waals surface area contributed by atoms with E-state index in [1.807, 2.05) is 0 Å². The van der Waals surface area contributed by atoms with E-state index in [9.17, 15) is 13.6 Å². The molecule has 0 aliphatic rings. The third-order valence-corrected chi connectivity index (χ3v) is 0.725. The Morgan fingerprint density at radius 2 is 2.27 bits per heavy atom. The molecule has 11 heavy (non-hydrogen) atoms. The summed E-state index contributed by atoms with van der Waals surface area (Å²) in [5, 5.41) is 9.93. The van der Waals surface area contributed by atoms with Crippen LogP contribution < -0.4 is 5.32 Å². The Balaban J connectivity index is 3.23. The number of nitrogens with one attached hydrogen (secondary N) is 1. The highest BCUT2D eigenvalue weighted by Gasteiger charge is 2.05. The SMILES string of the molecule is O=C(NCC(F)F)OCCO. The molecule has 0 rings (SSSR count). The number of hydrogen-bond acceptors (Lipinski definition) is 3. The summed E-state index contributed by atoms with van der Waals surface area (Å²) in [6, 6.07) is 0. The van der Waals surface area contributed by atoms with Crippen molar-refractivity contribution in [1.29, 1.82) is 0 Å². The minimum Gasteiger partial charge on any atom is -0.447 e. The highest BCUT2D eigenvalue weighted by atomic mass is 19.3. The molecule has 0 aliphatic heterocycles. The average molecular weight is 169 g/mol. The average Bonchev–Trinajstić information content (AvgIpc) is 1.97. The van der Waals surface area contributed by atoms with E-state index in [0.29, 0.717) is 0 Å². The Morgan fingerprint density at radius 1 is 1.64 bits per heavy atom. The molecule has 0 fully saturated rings. The highest BCUT2D eigenvalue weighted by Crippen LogP contribution is 1.88. The second-order valence-corrected chi connectivity index (χ2v) is 1.63. The number of ether oxygens (including phenoxy) is 1. The van der Waals surface area contributed by atoms with Gasteiger partial charge in [0.25, 0.3) is 6.43 Å². The summed E-state index contributed by atoms with van der Waals surface area (Å²) in [5.41, 5.74) is 0. The smallest absolute Gasteiger partial charge is 0.407 e. The maximum absolute atomic E-state index is 11.4. The van der Waals surface area contributed by atoms with Crippen molar-refractivity contribution in [2.24, 2.45) is 0 Å². The number of amides is 1. The third kappa shape index (κ3) is 6.98. The van der Waals surface area contributed by atoms with Crippen LogP contribution >= 0.6 is 0 Å². The van der Waals surface area contributed by atoms with E-state index in [-0.39, 0.29) is 13.2 Å². The summed E-state index contributed by atoms with van der Waals surface area (Å²) in [6.07, 6.45) is -3.53. The molecule has 0 spiro atoms. The summed E-state index contributed by atoms with van der Waals surface area (Å²) in [5.74, 6) is 0. The van der Waals surface area contributed by atoms with E-state index in [2.05, 4.69) is 4.74 Å². The first kappa shape index (κ1) is 10.1. The van der Waals surface area contributed by atoms with E-state index in [4.69, 9.17) is 5.11 Å². The molecular weight excluding hydrogens is 160 g/mol. The fraction of sp³-hybridized carbons (Fsp3) is 0.800. The standard InChI is InChI=1S/C5H9F2NO3/c6-4(7)3-8-5(10)11-2-1-9/h4,9H,1-3H2,(H,8,10). The molecule has 0 saturated heterocycles. The molecule has 1 amide bonds. The van der Waals surface area contributed by atoms with Crippen LogP contribution in [-0.2, 0) is 4.74 Å². The molecule has 0 bridgehead atoms. The van der Waals surface area contributed by atoms with Gasteiger partial charge in [-0.05, 0) is 0 Å². The first-order valence-electron chi connectivity index (χ1n) is 2.96. The van der Waals surface area contributed by atoms with Gasteiger partial charge in [-0.3, -0.25) is 0 Å². The Bertz CT molecular complexity index is 120. The van der Waals surface area contributed by atoms with Gasteiger partial charge in [0.2, 0.25) is 0 Å². The van der Waals surface area contributed by atoms with E-state index < -0.39 is 19.1 Å². The summed E-state index contributed by atoms with van der Waals surface area (Å²) in [4.78, 5) is 10.3. The van der Waals surface area contributed by atoms with Crippen LogP contribution in [0.4, 0.5) is 13.6 Å². The molecule has 0 saturated carbocycles. The number of alkyl carbamates (subject to hydrolysis) is 1. The van der Waals surface area contributed by atoms with Crippen molar-refractivity contribution in [2.45, 2.75) is 6.43 Å². The number of aliphatic hydroxyl groups excluding tert-OH is 1. The lowest BCUT2D eigenvalue weighted by molar-refractivity contribution is 0.105. The first-order valence-corrected chi connectivity index (χ1v) is 2.96. The van der Waals surface area contributed by atoms with Gasteiger partial charge in [-0.25, -0.2) is 13.6 Å². The van der Waals surface area contributed by atoms with Crippen molar-refractivity contribution < 1.29 is 23.4 Å². The van der Waals surface area contributed by atoms with Gasteiger partial charge in [-0.15, -0.1) is 0 Å². The van der Waals surface area contributed by atoms with Gasteiger partial charge in [0.1, 0.15) is 6.61 Å². The number of alkyl halides is 2. The highest BCUT2D eigenvalue weighted by molar-refractivity contribution is 5.67. The molecule has 6 heteroatoms. The van der Waals surface area contributed by atoms with Gasteiger partial charge in [-0.1, -0.05) is 0 Å². The molecule has 66 valence electrons. The predicted octanol–water partition coefficient (Wildman–Crippen LogP) is -0.0300. The Morgan fingerprint density at radius 3 is 2.73 bits per heavy atom. The van der Waals surface area contributed by atoms with Gasteiger partial charge >= 0.3 is 6.09 Å². The number of hydrogen-bond donors (Lipinski definition) is 2. The summed E-state index contributed by atoms with van der Waals surface area (Å²) < 4.78 is 27.0. The van der Waals surface area contributed by atoms with Crippen LogP contribution in [0, 0.1) is 0 Å². The lowest BCUT2D eigenvalue weighted by Gasteiger charge is -2.03. The summed E-state index contributed by atoms with van der Waals surface area (Å²) in [6.45, 7) is -1.23. The fourth-order valence-electron chi connectivity index (χ4n) is 0.350. The van der Waals surface area contributed by atoms with Gasteiger partial charge in [0.05, 0.1) is 13.2 Å². The van der Waals surface area contributed by atoms with Gasteiger partial charge in [-0.2, -0.15) is 0 Å². The first-order chi connectivity index (χ1) is 5.16. The zero-order chi connectivity index (χ0) is 8.69. The number of aliphatic hydroxyl groups is 1. The van der Waals surface area contributed by atoms with Crippen LogP contribution in [0.2, 0.25) is 0 Å². The molecule has 0 atom stereocenters. The van der Waals surface area contributed by atoms with Crippen molar-refractivity contribution in [2.75, 3.05) is 19.8 Å². The van der Waals surface area contributed by atoms with E-state index >= 15 is 0 Å². The Kier molecular flexibility index (Phi) is 5.36. The largest absolute Gasteiger partial charge is 0.447 e. The molecule has 4 nitrogen and oxygen atoms in total. The number of rotatable bonds is 4. The normalized spacial score (nSPS) is 9.82. The zero-order valence-corrected chi connectivity index (χ0v) is 5.72. The van der Waals surface area contributed by atoms with Crippen molar-refractivity contribution in [1.82, 2.24) is 5.32 Å². The molecule has 0 radical (unpaired) electrons. The van der Waals surface area contributed by atoms with Crippen LogP contribution in [0.15, 0.2) is 0 Å².